The fourth-order valence-corrected chi connectivity index (χ4v) is 3.53. The molecule has 0 aliphatic heterocycles. The van der Waals surface area contributed by atoms with E-state index in [9.17, 15) is 17.2 Å². The predicted octanol–water partition coefficient (Wildman–Crippen LogP) is 3.38. The first-order valence-corrected chi connectivity index (χ1v) is 9.00. The lowest BCUT2D eigenvalue weighted by molar-refractivity contribution is 0.592. The number of rotatable bonds is 6. The smallest absolute Gasteiger partial charge is 0.232 e. The third kappa shape index (κ3) is 3.74. The Hall–Kier alpha value is -2.40. The average molecular weight is 353 g/mol. The molecular formula is C16H17F2N3O2S. The summed E-state index contributed by atoms with van der Waals surface area (Å²) in [4.78, 5) is 0. The minimum Gasteiger partial charge on any atom is -0.335 e. The van der Waals surface area contributed by atoms with E-state index >= 15 is 0 Å². The summed E-state index contributed by atoms with van der Waals surface area (Å²) in [6.07, 6.45) is 1.10. The Labute approximate surface area is 139 Å². The van der Waals surface area contributed by atoms with Gasteiger partial charge in [0.15, 0.2) is 0 Å². The molecule has 1 aromatic carbocycles. The van der Waals surface area contributed by atoms with E-state index in [1.54, 1.807) is 7.05 Å². The standard InChI is InChI=1S/C16H17F2N3O2S/c1-3-4-7-24(22,23)20-15-9-13(17)12(8-14(15)18)16-6-5-11(10-19)21(16)2/h5-6,8-9,20H,3-4,7H2,1-2H3. The maximum atomic E-state index is 14.3. The molecule has 2 rings (SSSR count). The van der Waals surface area contributed by atoms with E-state index in [-0.39, 0.29) is 11.3 Å². The second-order valence-electron chi connectivity index (χ2n) is 5.36. The normalized spacial score (nSPS) is 11.3. The number of nitrogens with one attached hydrogen (secondary N) is 1. The van der Waals surface area contributed by atoms with Gasteiger partial charge >= 0.3 is 0 Å². The number of hydrogen-bond donors (Lipinski definition) is 1. The summed E-state index contributed by atoms with van der Waals surface area (Å²) in [5.41, 5.74) is 0.146. The number of nitriles is 1. The summed E-state index contributed by atoms with van der Waals surface area (Å²) in [5, 5.41) is 8.93. The monoisotopic (exact) mass is 353 g/mol. The average Bonchev–Trinajstić information content (AvgIpc) is 2.89. The van der Waals surface area contributed by atoms with Crippen LogP contribution in [0.5, 0.6) is 0 Å². The Morgan fingerprint density at radius 3 is 2.54 bits per heavy atom. The van der Waals surface area contributed by atoms with Crippen molar-refractivity contribution in [1.82, 2.24) is 4.57 Å². The molecule has 1 heterocycles. The van der Waals surface area contributed by atoms with Gasteiger partial charge in [-0.3, -0.25) is 4.72 Å². The Morgan fingerprint density at radius 2 is 1.96 bits per heavy atom. The third-order valence-corrected chi connectivity index (χ3v) is 4.96. The maximum Gasteiger partial charge on any atom is 0.232 e. The highest BCUT2D eigenvalue weighted by molar-refractivity contribution is 7.92. The van der Waals surface area contributed by atoms with Crippen molar-refractivity contribution in [2.75, 3.05) is 10.5 Å². The van der Waals surface area contributed by atoms with Gasteiger partial charge in [-0.25, -0.2) is 17.2 Å². The number of anilines is 1. The maximum absolute atomic E-state index is 14.3. The van der Waals surface area contributed by atoms with Crippen LogP contribution in [-0.4, -0.2) is 18.7 Å². The van der Waals surface area contributed by atoms with Gasteiger partial charge in [-0.1, -0.05) is 13.3 Å². The lowest BCUT2D eigenvalue weighted by Gasteiger charge is -2.12. The third-order valence-electron chi connectivity index (χ3n) is 3.60. The number of halogens is 2. The van der Waals surface area contributed by atoms with Gasteiger partial charge in [0, 0.05) is 18.7 Å². The minimum absolute atomic E-state index is 0.0481. The highest BCUT2D eigenvalue weighted by Crippen LogP contribution is 2.29. The van der Waals surface area contributed by atoms with E-state index < -0.39 is 27.3 Å². The molecule has 24 heavy (non-hydrogen) atoms. The van der Waals surface area contributed by atoms with Crippen molar-refractivity contribution in [3.63, 3.8) is 0 Å². The molecule has 0 fully saturated rings. The van der Waals surface area contributed by atoms with E-state index in [4.69, 9.17) is 5.26 Å². The Kier molecular flexibility index (Phi) is 5.24. The van der Waals surface area contributed by atoms with Crippen LogP contribution >= 0.6 is 0 Å². The first kappa shape index (κ1) is 17.9. The molecule has 0 unspecified atom stereocenters. The molecule has 0 atom stereocenters. The Bertz CT molecular complexity index is 899. The van der Waals surface area contributed by atoms with Crippen LogP contribution in [0.1, 0.15) is 25.5 Å². The lowest BCUT2D eigenvalue weighted by Crippen LogP contribution is -2.17. The second kappa shape index (κ2) is 7.01. The molecule has 0 spiro atoms. The molecule has 0 radical (unpaired) electrons. The van der Waals surface area contributed by atoms with Crippen molar-refractivity contribution in [3.05, 3.63) is 41.6 Å². The zero-order valence-electron chi connectivity index (χ0n) is 13.3. The number of benzene rings is 1. The van der Waals surface area contributed by atoms with Gasteiger partial charge in [0.1, 0.15) is 23.4 Å². The first-order chi connectivity index (χ1) is 11.3. The van der Waals surface area contributed by atoms with Crippen molar-refractivity contribution in [1.29, 1.82) is 5.26 Å². The van der Waals surface area contributed by atoms with E-state index in [0.717, 1.165) is 12.1 Å². The van der Waals surface area contributed by atoms with Crippen molar-refractivity contribution in [2.45, 2.75) is 19.8 Å². The predicted molar refractivity (Wildman–Crippen MR) is 87.8 cm³/mol. The van der Waals surface area contributed by atoms with Crippen LogP contribution in [0.4, 0.5) is 14.5 Å². The molecule has 1 aromatic heterocycles. The van der Waals surface area contributed by atoms with E-state index in [2.05, 4.69) is 4.72 Å². The summed E-state index contributed by atoms with van der Waals surface area (Å²) in [6.45, 7) is 1.83. The molecule has 0 saturated heterocycles. The largest absolute Gasteiger partial charge is 0.335 e. The summed E-state index contributed by atoms with van der Waals surface area (Å²) in [6, 6.07) is 6.67. The van der Waals surface area contributed by atoms with Gasteiger partial charge in [-0.05, 0) is 24.6 Å². The quantitative estimate of drug-likeness (QED) is 0.865. The number of sulfonamides is 1. The zero-order valence-corrected chi connectivity index (χ0v) is 14.1. The van der Waals surface area contributed by atoms with Crippen LogP contribution in [0.2, 0.25) is 0 Å². The fourth-order valence-electron chi connectivity index (χ4n) is 2.27. The number of nitrogens with zero attached hydrogens (tertiary/aromatic N) is 2. The molecule has 8 heteroatoms. The lowest BCUT2D eigenvalue weighted by atomic mass is 10.1. The van der Waals surface area contributed by atoms with E-state index in [1.165, 1.54) is 16.7 Å². The molecule has 128 valence electrons. The zero-order chi connectivity index (χ0) is 17.9. The molecule has 0 saturated carbocycles. The van der Waals surface area contributed by atoms with Crippen LogP contribution in [0, 0.1) is 23.0 Å². The summed E-state index contributed by atoms with van der Waals surface area (Å²) < 4.78 is 55.7. The van der Waals surface area contributed by atoms with Crippen molar-refractivity contribution < 1.29 is 17.2 Å². The van der Waals surface area contributed by atoms with Gasteiger partial charge in [0.25, 0.3) is 0 Å². The molecular weight excluding hydrogens is 336 g/mol. The summed E-state index contributed by atoms with van der Waals surface area (Å²) in [5.74, 6) is -1.82. The van der Waals surface area contributed by atoms with Crippen LogP contribution in [-0.2, 0) is 17.1 Å². The van der Waals surface area contributed by atoms with Gasteiger partial charge < -0.3 is 4.57 Å². The van der Waals surface area contributed by atoms with Crippen molar-refractivity contribution in [3.8, 4) is 17.3 Å². The summed E-state index contributed by atoms with van der Waals surface area (Å²) in [7, 11) is -2.16. The van der Waals surface area contributed by atoms with Gasteiger partial charge in [-0.2, -0.15) is 5.26 Å². The van der Waals surface area contributed by atoms with E-state index in [1.807, 2.05) is 13.0 Å². The first-order valence-electron chi connectivity index (χ1n) is 7.34. The SMILES string of the molecule is CCCCS(=O)(=O)Nc1cc(F)c(-c2ccc(C#N)n2C)cc1F. The Morgan fingerprint density at radius 1 is 1.25 bits per heavy atom. The molecule has 0 aliphatic rings. The fraction of sp³-hybridized carbons (Fsp3) is 0.312. The number of unbranched alkanes of at least 4 members (excludes halogenated alkanes) is 1. The molecule has 5 nitrogen and oxygen atoms in total. The Balaban J connectivity index is 2.39. The summed E-state index contributed by atoms with van der Waals surface area (Å²) >= 11 is 0. The van der Waals surface area contributed by atoms with Gasteiger partial charge in [0.2, 0.25) is 10.0 Å². The van der Waals surface area contributed by atoms with Crippen LogP contribution in [0.25, 0.3) is 11.3 Å². The highest BCUT2D eigenvalue weighted by atomic mass is 32.2. The van der Waals surface area contributed by atoms with E-state index in [0.29, 0.717) is 24.2 Å². The van der Waals surface area contributed by atoms with Crippen molar-refractivity contribution in [2.24, 2.45) is 7.05 Å². The van der Waals surface area contributed by atoms with Crippen LogP contribution < -0.4 is 4.72 Å². The minimum atomic E-state index is -3.73. The number of hydrogen-bond acceptors (Lipinski definition) is 3. The van der Waals surface area contributed by atoms with Crippen molar-refractivity contribution >= 4 is 15.7 Å². The molecule has 0 aliphatic carbocycles. The highest BCUT2D eigenvalue weighted by Gasteiger charge is 2.18. The molecule has 0 bridgehead atoms. The van der Waals surface area contributed by atoms with Gasteiger partial charge in [0.05, 0.1) is 17.1 Å². The number of aromatic nitrogens is 1. The van der Waals surface area contributed by atoms with Gasteiger partial charge in [-0.15, -0.1) is 0 Å². The molecule has 2 aromatic rings. The molecule has 0 amide bonds. The van der Waals surface area contributed by atoms with Crippen LogP contribution in [0.15, 0.2) is 24.3 Å². The second-order valence-corrected chi connectivity index (χ2v) is 7.20. The topological polar surface area (TPSA) is 74.9 Å². The van der Waals surface area contributed by atoms with Crippen LogP contribution in [0.3, 0.4) is 0 Å². The molecule has 1 N–H and O–H groups in total.